The lowest BCUT2D eigenvalue weighted by Crippen LogP contribution is -1.85. The molecule has 0 saturated carbocycles. The molecule has 1 N–H and O–H groups in total. The van der Waals surface area contributed by atoms with E-state index in [1.54, 1.807) is 0 Å². The average Bonchev–Trinajstić information content (AvgIpc) is 1.64. The van der Waals surface area contributed by atoms with Crippen molar-refractivity contribution in [1.29, 1.82) is 0 Å². The van der Waals surface area contributed by atoms with Gasteiger partial charge in [0.15, 0.2) is 0 Å². The lowest BCUT2D eigenvalue weighted by molar-refractivity contribution is 0.656. The molecule has 0 bridgehead atoms. The van der Waals surface area contributed by atoms with Crippen LogP contribution >= 0.6 is 11.2 Å². The predicted octanol–water partition coefficient (Wildman–Crippen LogP) is 1.93. The average molecular weight is 130 g/mol. The molecule has 1 nitrogen and oxygen atoms in total. The zero-order valence-corrected chi connectivity index (χ0v) is 5.73. The largest absolute Gasteiger partial charge is 0.350 e. The van der Waals surface area contributed by atoms with Gasteiger partial charge in [0, 0.05) is 5.75 Å². The second-order valence-corrected chi connectivity index (χ2v) is 3.40. The Morgan fingerprint density at radius 2 is 2.50 bits per heavy atom. The van der Waals surface area contributed by atoms with Crippen LogP contribution in [0, 0.1) is 0 Å². The van der Waals surface area contributed by atoms with E-state index in [1.165, 1.54) is 5.57 Å². The van der Waals surface area contributed by atoms with E-state index in [4.69, 9.17) is 4.55 Å². The van der Waals surface area contributed by atoms with Gasteiger partial charge in [-0.25, -0.2) is 0 Å². The van der Waals surface area contributed by atoms with Gasteiger partial charge in [-0.15, -0.1) is 11.2 Å². The van der Waals surface area contributed by atoms with Gasteiger partial charge in [-0.1, -0.05) is 12.2 Å². The van der Waals surface area contributed by atoms with E-state index < -0.39 is 11.2 Å². The van der Waals surface area contributed by atoms with E-state index >= 15 is 0 Å². The maximum absolute atomic E-state index is 9.02. The van der Waals surface area contributed by atoms with Crippen molar-refractivity contribution in [2.75, 3.05) is 5.75 Å². The molecule has 1 rings (SSSR count). The SMILES string of the molecule is CC1=C[SH](O)CC=C1. The van der Waals surface area contributed by atoms with Gasteiger partial charge < -0.3 is 4.55 Å². The Hall–Kier alpha value is -0.210. The lowest BCUT2D eigenvalue weighted by Gasteiger charge is -2.10. The minimum atomic E-state index is -0.780. The Kier molecular flexibility index (Phi) is 1.76. The summed E-state index contributed by atoms with van der Waals surface area (Å²) in [7, 11) is 0. The highest BCUT2D eigenvalue weighted by Gasteiger charge is 1.95. The first-order chi connectivity index (χ1) is 3.79. The van der Waals surface area contributed by atoms with Crippen LogP contribution < -0.4 is 0 Å². The zero-order valence-electron chi connectivity index (χ0n) is 4.83. The summed E-state index contributed by atoms with van der Waals surface area (Å²) in [4.78, 5) is 0. The summed E-state index contributed by atoms with van der Waals surface area (Å²) in [6, 6.07) is 0. The number of hydrogen-bond acceptors (Lipinski definition) is 1. The highest BCUT2D eigenvalue weighted by atomic mass is 32.2. The molecule has 0 saturated heterocycles. The lowest BCUT2D eigenvalue weighted by atomic mass is 10.3. The fourth-order valence-corrected chi connectivity index (χ4v) is 1.66. The molecule has 0 aromatic heterocycles. The molecule has 0 spiro atoms. The first kappa shape index (κ1) is 5.92. The molecule has 0 amide bonds. The Balaban J connectivity index is 2.63. The standard InChI is InChI=1S/C6H10OS/c1-6-3-2-4-8(7)5-6/h2-3,5,7-8H,4H2,1H3. The van der Waals surface area contributed by atoms with Crippen molar-refractivity contribution in [2.24, 2.45) is 0 Å². The molecule has 1 atom stereocenters. The molecule has 1 unspecified atom stereocenters. The van der Waals surface area contributed by atoms with Gasteiger partial charge in [0.1, 0.15) is 0 Å². The second kappa shape index (κ2) is 2.37. The molecule has 46 valence electrons. The number of thiol groups is 1. The monoisotopic (exact) mass is 130 g/mol. The van der Waals surface area contributed by atoms with Crippen molar-refractivity contribution < 1.29 is 4.55 Å². The van der Waals surface area contributed by atoms with E-state index in [1.807, 2.05) is 24.5 Å². The first-order valence-corrected chi connectivity index (χ1v) is 4.14. The van der Waals surface area contributed by atoms with Crippen LogP contribution in [0.3, 0.4) is 0 Å². The van der Waals surface area contributed by atoms with E-state index in [2.05, 4.69) is 0 Å². The molecule has 1 heterocycles. The molecular formula is C6H10OS. The van der Waals surface area contributed by atoms with Crippen LogP contribution in [-0.4, -0.2) is 10.3 Å². The Morgan fingerprint density at radius 1 is 1.75 bits per heavy atom. The summed E-state index contributed by atoms with van der Waals surface area (Å²) in [5, 5.41) is 1.93. The van der Waals surface area contributed by atoms with Crippen molar-refractivity contribution >= 4 is 11.2 Å². The van der Waals surface area contributed by atoms with Crippen LogP contribution in [0.25, 0.3) is 0 Å². The van der Waals surface area contributed by atoms with Crippen LogP contribution in [0.2, 0.25) is 0 Å². The molecule has 8 heavy (non-hydrogen) atoms. The molecule has 0 aliphatic carbocycles. The second-order valence-electron chi connectivity index (χ2n) is 1.90. The van der Waals surface area contributed by atoms with Crippen LogP contribution in [-0.2, 0) is 0 Å². The summed E-state index contributed by atoms with van der Waals surface area (Å²) in [5.41, 5.74) is 1.19. The summed E-state index contributed by atoms with van der Waals surface area (Å²) in [6.45, 7) is 2.00. The molecule has 0 aromatic carbocycles. The molecule has 0 aromatic rings. The Morgan fingerprint density at radius 3 is 2.88 bits per heavy atom. The van der Waals surface area contributed by atoms with E-state index in [-0.39, 0.29) is 0 Å². The first-order valence-electron chi connectivity index (χ1n) is 2.59. The molecular weight excluding hydrogens is 120 g/mol. The quantitative estimate of drug-likeness (QED) is 0.480. The minimum absolute atomic E-state index is 0.780. The van der Waals surface area contributed by atoms with Crippen molar-refractivity contribution in [3.05, 3.63) is 23.1 Å². The maximum atomic E-state index is 9.02. The number of hydrogen-bond donors (Lipinski definition) is 2. The van der Waals surface area contributed by atoms with Gasteiger partial charge in [0.25, 0.3) is 0 Å². The minimum Gasteiger partial charge on any atom is -0.350 e. The van der Waals surface area contributed by atoms with Gasteiger partial charge in [-0.3, -0.25) is 0 Å². The highest BCUT2D eigenvalue weighted by Crippen LogP contribution is 2.26. The number of allylic oxidation sites excluding steroid dienone is 2. The summed E-state index contributed by atoms with van der Waals surface area (Å²) in [5.74, 6) is 0.840. The summed E-state index contributed by atoms with van der Waals surface area (Å²) < 4.78 is 9.02. The van der Waals surface area contributed by atoms with E-state index in [9.17, 15) is 0 Å². The van der Waals surface area contributed by atoms with Crippen molar-refractivity contribution in [1.82, 2.24) is 0 Å². The molecule has 0 fully saturated rings. The summed E-state index contributed by atoms with van der Waals surface area (Å²) in [6.07, 6.45) is 4.05. The maximum Gasteiger partial charge on any atom is 0.0181 e. The molecule has 1 aliphatic heterocycles. The third-order valence-corrected chi connectivity index (χ3v) is 2.32. The third kappa shape index (κ3) is 1.39. The van der Waals surface area contributed by atoms with Crippen LogP contribution in [0.5, 0.6) is 0 Å². The highest BCUT2D eigenvalue weighted by molar-refractivity contribution is 8.14. The van der Waals surface area contributed by atoms with Gasteiger partial charge in [-0.05, 0) is 17.9 Å². The van der Waals surface area contributed by atoms with Gasteiger partial charge in [0.2, 0.25) is 0 Å². The normalized spacial score (nSPS) is 32.2. The van der Waals surface area contributed by atoms with Gasteiger partial charge in [0.05, 0.1) is 0 Å². The fourth-order valence-electron chi connectivity index (χ4n) is 0.677. The predicted molar refractivity (Wildman–Crippen MR) is 39.4 cm³/mol. The van der Waals surface area contributed by atoms with E-state index in [0.717, 1.165) is 5.75 Å². The molecule has 1 aliphatic rings. The van der Waals surface area contributed by atoms with Crippen LogP contribution in [0.15, 0.2) is 23.1 Å². The fraction of sp³-hybridized carbons (Fsp3) is 0.333. The Bertz CT molecular complexity index is 137. The molecule has 2 heteroatoms. The van der Waals surface area contributed by atoms with Crippen LogP contribution in [0.1, 0.15) is 6.92 Å². The van der Waals surface area contributed by atoms with Gasteiger partial charge >= 0.3 is 0 Å². The zero-order chi connectivity index (χ0) is 5.98. The third-order valence-electron chi connectivity index (χ3n) is 1.03. The van der Waals surface area contributed by atoms with Crippen molar-refractivity contribution in [3.63, 3.8) is 0 Å². The Labute approximate surface area is 52.3 Å². The topological polar surface area (TPSA) is 20.2 Å². The van der Waals surface area contributed by atoms with Crippen molar-refractivity contribution in [3.8, 4) is 0 Å². The molecule has 0 radical (unpaired) electrons. The summed E-state index contributed by atoms with van der Waals surface area (Å²) >= 11 is -0.780. The van der Waals surface area contributed by atoms with Gasteiger partial charge in [-0.2, -0.15) is 0 Å². The van der Waals surface area contributed by atoms with E-state index in [0.29, 0.717) is 0 Å². The number of rotatable bonds is 0. The van der Waals surface area contributed by atoms with Crippen LogP contribution in [0.4, 0.5) is 0 Å². The smallest absolute Gasteiger partial charge is 0.0181 e. The van der Waals surface area contributed by atoms with Crippen molar-refractivity contribution in [2.45, 2.75) is 6.92 Å².